The highest BCUT2D eigenvalue weighted by Crippen LogP contribution is 2.31. The summed E-state index contributed by atoms with van der Waals surface area (Å²) in [7, 11) is -1.86. The van der Waals surface area contributed by atoms with Crippen molar-refractivity contribution in [2.45, 2.75) is 11.8 Å². The number of ether oxygens (including phenoxy) is 1. The Kier molecular flexibility index (Phi) is 3.51. The van der Waals surface area contributed by atoms with Gasteiger partial charge < -0.3 is 4.74 Å². The van der Waals surface area contributed by atoms with E-state index in [9.17, 15) is 8.42 Å². The van der Waals surface area contributed by atoms with Crippen molar-refractivity contribution < 1.29 is 13.2 Å². The maximum atomic E-state index is 12.8. The standard InChI is InChI=1S/C16H19NO3S/c1-16(11-20-12-16)10-17(2)21(18,19)15-9-5-7-13-6-3-4-8-14(13)15/h3-9H,10-12H2,1-2H3. The van der Waals surface area contributed by atoms with E-state index in [1.807, 2.05) is 37.3 Å². The van der Waals surface area contributed by atoms with Crippen LogP contribution in [0.5, 0.6) is 0 Å². The maximum Gasteiger partial charge on any atom is 0.243 e. The molecule has 1 heterocycles. The average molecular weight is 305 g/mol. The van der Waals surface area contributed by atoms with Gasteiger partial charge in [-0.25, -0.2) is 12.7 Å². The molecule has 3 rings (SSSR count). The van der Waals surface area contributed by atoms with Gasteiger partial charge in [0.25, 0.3) is 0 Å². The van der Waals surface area contributed by atoms with E-state index in [0.717, 1.165) is 10.8 Å². The fourth-order valence-corrected chi connectivity index (χ4v) is 4.28. The summed E-state index contributed by atoms with van der Waals surface area (Å²) in [4.78, 5) is 0.368. The third kappa shape index (κ3) is 2.57. The Morgan fingerprint density at radius 2 is 1.81 bits per heavy atom. The van der Waals surface area contributed by atoms with Gasteiger partial charge in [-0.2, -0.15) is 0 Å². The van der Waals surface area contributed by atoms with Crippen molar-refractivity contribution in [3.63, 3.8) is 0 Å². The lowest BCUT2D eigenvalue weighted by Crippen LogP contribution is -2.49. The second-order valence-electron chi connectivity index (χ2n) is 6.04. The van der Waals surface area contributed by atoms with Crippen molar-refractivity contribution in [3.05, 3.63) is 42.5 Å². The minimum absolute atomic E-state index is 0.0770. The van der Waals surface area contributed by atoms with Crippen LogP contribution in [-0.4, -0.2) is 39.5 Å². The maximum absolute atomic E-state index is 12.8. The van der Waals surface area contributed by atoms with Crippen LogP contribution in [0.2, 0.25) is 0 Å². The van der Waals surface area contributed by atoms with E-state index in [1.54, 1.807) is 19.2 Å². The molecule has 2 aromatic rings. The Balaban J connectivity index is 2.00. The van der Waals surface area contributed by atoms with Crippen LogP contribution >= 0.6 is 0 Å². The summed E-state index contributed by atoms with van der Waals surface area (Å²) in [6.07, 6.45) is 0. The minimum atomic E-state index is -3.50. The molecular weight excluding hydrogens is 286 g/mol. The van der Waals surface area contributed by atoms with Gasteiger partial charge in [-0.3, -0.25) is 0 Å². The van der Waals surface area contributed by atoms with Gasteiger partial charge in [-0.1, -0.05) is 43.3 Å². The van der Waals surface area contributed by atoms with Gasteiger partial charge in [-0.15, -0.1) is 0 Å². The van der Waals surface area contributed by atoms with Gasteiger partial charge in [0.2, 0.25) is 10.0 Å². The monoisotopic (exact) mass is 305 g/mol. The molecule has 0 spiro atoms. The highest BCUT2D eigenvalue weighted by atomic mass is 32.2. The molecule has 5 heteroatoms. The Hall–Kier alpha value is -1.43. The van der Waals surface area contributed by atoms with Crippen LogP contribution < -0.4 is 0 Å². The number of hydrogen-bond acceptors (Lipinski definition) is 3. The van der Waals surface area contributed by atoms with Crippen LogP contribution in [0.15, 0.2) is 47.4 Å². The minimum Gasteiger partial charge on any atom is -0.380 e. The number of hydrogen-bond donors (Lipinski definition) is 0. The number of nitrogens with zero attached hydrogens (tertiary/aromatic N) is 1. The zero-order valence-corrected chi connectivity index (χ0v) is 13.1. The van der Waals surface area contributed by atoms with Crippen LogP contribution in [-0.2, 0) is 14.8 Å². The number of rotatable bonds is 4. The molecule has 1 aliphatic rings. The molecule has 0 unspecified atom stereocenters. The quantitative estimate of drug-likeness (QED) is 0.872. The lowest BCUT2D eigenvalue weighted by molar-refractivity contribution is -0.106. The molecule has 1 fully saturated rings. The van der Waals surface area contributed by atoms with E-state index in [4.69, 9.17) is 4.74 Å². The molecule has 0 saturated carbocycles. The SMILES string of the molecule is CN(CC1(C)COC1)S(=O)(=O)c1cccc2ccccc12. The van der Waals surface area contributed by atoms with E-state index in [2.05, 4.69) is 0 Å². The summed E-state index contributed by atoms with van der Waals surface area (Å²) >= 11 is 0. The number of benzene rings is 2. The van der Waals surface area contributed by atoms with Crippen molar-refractivity contribution in [3.8, 4) is 0 Å². The molecular formula is C16H19NO3S. The Labute approximate surface area is 125 Å². The third-order valence-electron chi connectivity index (χ3n) is 3.94. The second-order valence-corrected chi connectivity index (χ2v) is 8.06. The van der Waals surface area contributed by atoms with Gasteiger partial charge in [0.15, 0.2) is 0 Å². The normalized spacial score (nSPS) is 17.9. The highest BCUT2D eigenvalue weighted by molar-refractivity contribution is 7.89. The smallest absolute Gasteiger partial charge is 0.243 e. The third-order valence-corrected chi connectivity index (χ3v) is 5.80. The van der Waals surface area contributed by atoms with Crippen molar-refractivity contribution in [2.75, 3.05) is 26.8 Å². The Bertz CT molecular complexity index is 761. The van der Waals surface area contributed by atoms with Gasteiger partial charge in [0, 0.05) is 24.4 Å². The van der Waals surface area contributed by atoms with Crippen LogP contribution in [0.1, 0.15) is 6.92 Å². The zero-order chi connectivity index (χ0) is 15.1. The first-order chi connectivity index (χ1) is 9.92. The molecule has 0 aliphatic carbocycles. The molecule has 112 valence electrons. The van der Waals surface area contributed by atoms with E-state index in [0.29, 0.717) is 24.7 Å². The van der Waals surface area contributed by atoms with Gasteiger partial charge in [0.05, 0.1) is 18.1 Å². The fourth-order valence-electron chi connectivity index (χ4n) is 2.75. The van der Waals surface area contributed by atoms with E-state index in [-0.39, 0.29) is 5.41 Å². The average Bonchev–Trinajstić information content (AvgIpc) is 2.44. The van der Waals surface area contributed by atoms with E-state index in [1.165, 1.54) is 4.31 Å². The molecule has 0 aromatic heterocycles. The van der Waals surface area contributed by atoms with E-state index >= 15 is 0 Å². The molecule has 0 atom stereocenters. The lowest BCUT2D eigenvalue weighted by atomic mass is 9.89. The summed E-state index contributed by atoms with van der Waals surface area (Å²) in [6.45, 7) is 3.75. The van der Waals surface area contributed by atoms with Crippen molar-refractivity contribution >= 4 is 20.8 Å². The van der Waals surface area contributed by atoms with Crippen LogP contribution in [0.25, 0.3) is 10.8 Å². The summed E-state index contributed by atoms with van der Waals surface area (Å²) in [5, 5.41) is 1.70. The highest BCUT2D eigenvalue weighted by Gasteiger charge is 2.37. The molecule has 1 saturated heterocycles. The van der Waals surface area contributed by atoms with Crippen molar-refractivity contribution in [2.24, 2.45) is 5.41 Å². The largest absolute Gasteiger partial charge is 0.380 e. The lowest BCUT2D eigenvalue weighted by Gasteiger charge is -2.40. The molecule has 0 N–H and O–H groups in total. The van der Waals surface area contributed by atoms with Crippen LogP contribution in [0.3, 0.4) is 0 Å². The molecule has 21 heavy (non-hydrogen) atoms. The molecule has 0 amide bonds. The molecule has 1 aliphatic heterocycles. The molecule has 0 bridgehead atoms. The van der Waals surface area contributed by atoms with E-state index < -0.39 is 10.0 Å². The summed E-state index contributed by atoms with van der Waals surface area (Å²) in [5.74, 6) is 0. The van der Waals surface area contributed by atoms with Gasteiger partial charge in [-0.05, 0) is 11.5 Å². The number of sulfonamides is 1. The number of fused-ring (bicyclic) bond motifs is 1. The topological polar surface area (TPSA) is 46.6 Å². The fraction of sp³-hybridized carbons (Fsp3) is 0.375. The molecule has 0 radical (unpaired) electrons. The summed E-state index contributed by atoms with van der Waals surface area (Å²) in [5.41, 5.74) is -0.0770. The second kappa shape index (κ2) is 5.09. The Morgan fingerprint density at radius 3 is 2.48 bits per heavy atom. The first kappa shape index (κ1) is 14.5. The van der Waals surface area contributed by atoms with Crippen molar-refractivity contribution in [1.82, 2.24) is 4.31 Å². The van der Waals surface area contributed by atoms with Gasteiger partial charge in [0.1, 0.15) is 0 Å². The molecule has 2 aromatic carbocycles. The van der Waals surface area contributed by atoms with Crippen LogP contribution in [0, 0.1) is 5.41 Å². The molecule has 4 nitrogen and oxygen atoms in total. The predicted molar refractivity (Wildman–Crippen MR) is 82.7 cm³/mol. The van der Waals surface area contributed by atoms with Crippen LogP contribution in [0.4, 0.5) is 0 Å². The van der Waals surface area contributed by atoms with Gasteiger partial charge >= 0.3 is 0 Å². The first-order valence-corrected chi connectivity index (χ1v) is 8.38. The summed E-state index contributed by atoms with van der Waals surface area (Å²) in [6, 6.07) is 12.9. The summed E-state index contributed by atoms with van der Waals surface area (Å²) < 4.78 is 32.3. The predicted octanol–water partition coefficient (Wildman–Crippen LogP) is 2.50. The van der Waals surface area contributed by atoms with Crippen molar-refractivity contribution in [1.29, 1.82) is 0 Å². The first-order valence-electron chi connectivity index (χ1n) is 6.94. The Morgan fingerprint density at radius 1 is 1.14 bits per heavy atom. The zero-order valence-electron chi connectivity index (χ0n) is 12.2.